The highest BCUT2D eigenvalue weighted by molar-refractivity contribution is 7.17. The first-order valence-corrected chi connectivity index (χ1v) is 4.82. The summed E-state index contributed by atoms with van der Waals surface area (Å²) in [6.45, 7) is 3.28. The van der Waals surface area contributed by atoms with Crippen molar-refractivity contribution in [1.82, 2.24) is 4.98 Å². The standard InChI is InChI=1S/C8H10N2O3S.ClH/c1-3-13-7(12)5-6(4(2)11)14-8(9)10-5;/h3H2,1-2H3,(H2,9,10);1H. The molecular formula is C8H11ClN2O3S. The smallest absolute Gasteiger partial charge is 0.358 e. The molecule has 0 aromatic carbocycles. The zero-order chi connectivity index (χ0) is 10.7. The Balaban J connectivity index is 0.00000196. The molecule has 0 saturated heterocycles. The summed E-state index contributed by atoms with van der Waals surface area (Å²) >= 11 is 0.993. The summed E-state index contributed by atoms with van der Waals surface area (Å²) in [4.78, 5) is 26.4. The Labute approximate surface area is 97.0 Å². The molecule has 15 heavy (non-hydrogen) atoms. The maximum absolute atomic E-state index is 11.3. The fourth-order valence-electron chi connectivity index (χ4n) is 0.913. The van der Waals surface area contributed by atoms with Crippen LogP contribution in [0.1, 0.15) is 34.0 Å². The van der Waals surface area contributed by atoms with Crippen LogP contribution in [-0.4, -0.2) is 23.3 Å². The number of carbonyl (C=O) groups is 2. The van der Waals surface area contributed by atoms with Crippen LogP contribution in [0.25, 0.3) is 0 Å². The van der Waals surface area contributed by atoms with Crippen molar-refractivity contribution in [2.24, 2.45) is 0 Å². The van der Waals surface area contributed by atoms with E-state index in [1.807, 2.05) is 0 Å². The van der Waals surface area contributed by atoms with Gasteiger partial charge in [0.1, 0.15) is 4.88 Å². The number of halogens is 1. The zero-order valence-corrected chi connectivity index (χ0v) is 9.91. The summed E-state index contributed by atoms with van der Waals surface area (Å²) in [5, 5.41) is 0.193. The van der Waals surface area contributed by atoms with Gasteiger partial charge in [0.15, 0.2) is 16.6 Å². The molecular weight excluding hydrogens is 240 g/mol. The lowest BCUT2D eigenvalue weighted by Crippen LogP contribution is -2.09. The van der Waals surface area contributed by atoms with Crippen molar-refractivity contribution in [2.75, 3.05) is 12.3 Å². The second-order valence-electron chi connectivity index (χ2n) is 2.51. The fourth-order valence-corrected chi connectivity index (χ4v) is 1.63. The van der Waals surface area contributed by atoms with Gasteiger partial charge in [-0.1, -0.05) is 11.3 Å². The molecule has 2 N–H and O–H groups in total. The number of nitrogen functional groups attached to an aromatic ring is 1. The molecule has 1 aromatic heterocycles. The number of anilines is 1. The summed E-state index contributed by atoms with van der Waals surface area (Å²) in [5.41, 5.74) is 5.41. The molecule has 1 heterocycles. The van der Waals surface area contributed by atoms with Gasteiger partial charge in [-0.3, -0.25) is 4.79 Å². The molecule has 0 atom stereocenters. The summed E-state index contributed by atoms with van der Waals surface area (Å²) in [7, 11) is 0. The van der Waals surface area contributed by atoms with Gasteiger partial charge in [-0.05, 0) is 6.92 Å². The molecule has 0 bridgehead atoms. The molecule has 1 rings (SSSR count). The van der Waals surface area contributed by atoms with E-state index in [0.717, 1.165) is 11.3 Å². The van der Waals surface area contributed by atoms with E-state index in [0.29, 0.717) is 0 Å². The van der Waals surface area contributed by atoms with E-state index in [-0.39, 0.29) is 40.5 Å². The van der Waals surface area contributed by atoms with E-state index >= 15 is 0 Å². The average Bonchev–Trinajstić information content (AvgIpc) is 2.48. The number of carbonyl (C=O) groups excluding carboxylic acids is 2. The summed E-state index contributed by atoms with van der Waals surface area (Å²) in [5.74, 6) is -0.840. The monoisotopic (exact) mass is 250 g/mol. The number of esters is 1. The lowest BCUT2D eigenvalue weighted by atomic mass is 10.3. The number of Topliss-reactive ketones (excluding diaryl/α,β-unsaturated/α-hetero) is 1. The van der Waals surface area contributed by atoms with E-state index in [4.69, 9.17) is 10.5 Å². The van der Waals surface area contributed by atoms with Crippen molar-refractivity contribution in [3.63, 3.8) is 0 Å². The third kappa shape index (κ3) is 3.17. The molecule has 0 unspecified atom stereocenters. The van der Waals surface area contributed by atoms with Crippen molar-refractivity contribution in [2.45, 2.75) is 13.8 Å². The van der Waals surface area contributed by atoms with Gasteiger partial charge in [-0.25, -0.2) is 9.78 Å². The Morgan fingerprint density at radius 3 is 2.60 bits per heavy atom. The first-order chi connectivity index (χ1) is 6.56. The molecule has 0 fully saturated rings. The minimum absolute atomic E-state index is 0. The Morgan fingerprint density at radius 1 is 1.53 bits per heavy atom. The Kier molecular flexibility index (Phi) is 5.24. The first-order valence-electron chi connectivity index (χ1n) is 4.00. The molecule has 0 amide bonds. The van der Waals surface area contributed by atoms with Crippen LogP contribution in [0.2, 0.25) is 0 Å². The first kappa shape index (κ1) is 13.9. The van der Waals surface area contributed by atoms with E-state index in [1.54, 1.807) is 6.92 Å². The van der Waals surface area contributed by atoms with Gasteiger partial charge in [-0.15, -0.1) is 12.4 Å². The highest BCUT2D eigenvalue weighted by Gasteiger charge is 2.20. The van der Waals surface area contributed by atoms with Crippen molar-refractivity contribution in [3.05, 3.63) is 10.6 Å². The highest BCUT2D eigenvalue weighted by Crippen LogP contribution is 2.21. The summed E-state index contributed by atoms with van der Waals surface area (Å²) in [6.07, 6.45) is 0. The maximum Gasteiger partial charge on any atom is 0.358 e. The lowest BCUT2D eigenvalue weighted by molar-refractivity contribution is 0.0517. The minimum Gasteiger partial charge on any atom is -0.461 e. The van der Waals surface area contributed by atoms with E-state index < -0.39 is 5.97 Å². The predicted octanol–water partition coefficient (Wildman–Crippen LogP) is 1.53. The molecule has 84 valence electrons. The van der Waals surface area contributed by atoms with Crippen LogP contribution >= 0.6 is 23.7 Å². The molecule has 0 aliphatic carbocycles. The normalized spacial score (nSPS) is 9.20. The van der Waals surface area contributed by atoms with Gasteiger partial charge >= 0.3 is 5.97 Å². The number of hydrogen-bond acceptors (Lipinski definition) is 6. The number of hydrogen-bond donors (Lipinski definition) is 1. The number of aromatic nitrogens is 1. The third-order valence-electron chi connectivity index (χ3n) is 1.43. The molecule has 0 radical (unpaired) electrons. The van der Waals surface area contributed by atoms with Crippen molar-refractivity contribution >= 4 is 40.6 Å². The summed E-state index contributed by atoms with van der Waals surface area (Å²) in [6, 6.07) is 0. The van der Waals surface area contributed by atoms with Crippen LogP contribution in [0.15, 0.2) is 0 Å². The lowest BCUT2D eigenvalue weighted by Gasteiger charge is -1.98. The van der Waals surface area contributed by atoms with Gasteiger partial charge in [0.05, 0.1) is 6.61 Å². The van der Waals surface area contributed by atoms with Crippen molar-refractivity contribution < 1.29 is 14.3 Å². The van der Waals surface area contributed by atoms with Gasteiger partial charge in [0.2, 0.25) is 0 Å². The van der Waals surface area contributed by atoms with Gasteiger partial charge in [0, 0.05) is 6.92 Å². The molecule has 1 aromatic rings. The Bertz CT molecular complexity index is 378. The van der Waals surface area contributed by atoms with Crippen LogP contribution in [0, 0.1) is 0 Å². The molecule has 0 saturated carbocycles. The number of ketones is 1. The van der Waals surface area contributed by atoms with Crippen LogP contribution in [0.4, 0.5) is 5.13 Å². The molecule has 0 aliphatic rings. The van der Waals surface area contributed by atoms with Crippen LogP contribution < -0.4 is 5.73 Å². The maximum atomic E-state index is 11.3. The molecule has 0 aliphatic heterocycles. The third-order valence-corrected chi connectivity index (χ3v) is 2.42. The second kappa shape index (κ2) is 5.67. The van der Waals surface area contributed by atoms with E-state index in [1.165, 1.54) is 6.92 Å². The quantitative estimate of drug-likeness (QED) is 0.650. The van der Waals surface area contributed by atoms with E-state index in [2.05, 4.69) is 4.98 Å². The van der Waals surface area contributed by atoms with Crippen molar-refractivity contribution in [1.29, 1.82) is 0 Å². The Hall–Kier alpha value is -1.14. The van der Waals surface area contributed by atoms with Crippen LogP contribution in [0.5, 0.6) is 0 Å². The average molecular weight is 251 g/mol. The number of ether oxygens (including phenoxy) is 1. The van der Waals surface area contributed by atoms with E-state index in [9.17, 15) is 9.59 Å². The number of rotatable bonds is 3. The number of nitrogens with zero attached hydrogens (tertiary/aromatic N) is 1. The number of thiazole rings is 1. The SMILES string of the molecule is CCOC(=O)c1nc(N)sc1C(C)=O.Cl. The van der Waals surface area contributed by atoms with Gasteiger partial charge < -0.3 is 10.5 Å². The molecule has 5 nitrogen and oxygen atoms in total. The van der Waals surface area contributed by atoms with Crippen LogP contribution in [0.3, 0.4) is 0 Å². The fraction of sp³-hybridized carbons (Fsp3) is 0.375. The van der Waals surface area contributed by atoms with Gasteiger partial charge in [0.25, 0.3) is 0 Å². The topological polar surface area (TPSA) is 82.3 Å². The van der Waals surface area contributed by atoms with Crippen molar-refractivity contribution in [3.8, 4) is 0 Å². The molecule has 0 spiro atoms. The molecule has 7 heteroatoms. The Morgan fingerprint density at radius 2 is 2.13 bits per heavy atom. The predicted molar refractivity (Wildman–Crippen MR) is 59.7 cm³/mol. The highest BCUT2D eigenvalue weighted by atomic mass is 35.5. The van der Waals surface area contributed by atoms with Crippen LogP contribution in [-0.2, 0) is 4.74 Å². The number of nitrogens with two attached hydrogens (primary N) is 1. The largest absolute Gasteiger partial charge is 0.461 e. The summed E-state index contributed by atoms with van der Waals surface area (Å²) < 4.78 is 4.73. The minimum atomic E-state index is -0.606. The van der Waals surface area contributed by atoms with Gasteiger partial charge in [-0.2, -0.15) is 0 Å². The second-order valence-corrected chi connectivity index (χ2v) is 3.54. The zero-order valence-electron chi connectivity index (χ0n) is 8.27.